The molecule has 3 heterocycles. The number of thiophene rings is 1. The van der Waals surface area contributed by atoms with E-state index in [2.05, 4.69) is 165 Å². The van der Waals surface area contributed by atoms with Gasteiger partial charge in [0.15, 0.2) is 17.5 Å². The van der Waals surface area contributed by atoms with Gasteiger partial charge in [0.05, 0.1) is 0 Å². The molecule has 0 unspecified atom stereocenters. The van der Waals surface area contributed by atoms with Crippen molar-refractivity contribution >= 4 is 60.7 Å². The van der Waals surface area contributed by atoms with Crippen molar-refractivity contribution in [1.29, 1.82) is 0 Å². The van der Waals surface area contributed by atoms with Crippen molar-refractivity contribution in [3.05, 3.63) is 152 Å². The Bertz CT molecular complexity index is 2800. The van der Waals surface area contributed by atoms with Crippen molar-refractivity contribution in [2.45, 2.75) is 13.1 Å². The van der Waals surface area contributed by atoms with Gasteiger partial charge in [-0.25, -0.2) is 15.0 Å². The molecule has 0 radical (unpaired) electrons. The summed E-state index contributed by atoms with van der Waals surface area (Å²) in [5.41, 5.74) is 7.99. The second-order valence-electron chi connectivity index (χ2n) is 13.6. The molecular formula is C45H31N3SSi. The van der Waals surface area contributed by atoms with Gasteiger partial charge < -0.3 is 0 Å². The number of rotatable bonds is 4. The normalized spacial score (nSPS) is 13.2. The first-order valence-corrected chi connectivity index (χ1v) is 20.8. The molecule has 50 heavy (non-hydrogen) atoms. The third kappa shape index (κ3) is 4.51. The minimum atomic E-state index is -1.88. The Morgan fingerprint density at radius 2 is 1.04 bits per heavy atom. The number of fused-ring (bicyclic) bond motifs is 7. The number of benzene rings is 7. The van der Waals surface area contributed by atoms with Crippen LogP contribution in [0.3, 0.4) is 0 Å². The van der Waals surface area contributed by atoms with Crippen LogP contribution < -0.4 is 10.4 Å². The molecule has 0 N–H and O–H groups in total. The Balaban J connectivity index is 1.18. The summed E-state index contributed by atoms with van der Waals surface area (Å²) in [6.45, 7) is 4.90. The minimum absolute atomic E-state index is 0.675. The lowest BCUT2D eigenvalue weighted by Crippen LogP contribution is -2.49. The van der Waals surface area contributed by atoms with Crippen molar-refractivity contribution in [1.82, 2.24) is 15.0 Å². The average Bonchev–Trinajstić information content (AvgIpc) is 3.67. The number of hydrogen-bond acceptors (Lipinski definition) is 4. The van der Waals surface area contributed by atoms with E-state index in [0.717, 1.165) is 22.3 Å². The molecule has 0 aliphatic carbocycles. The van der Waals surface area contributed by atoms with Gasteiger partial charge in [-0.3, -0.25) is 0 Å². The Morgan fingerprint density at radius 3 is 1.92 bits per heavy atom. The minimum Gasteiger partial charge on any atom is -0.208 e. The van der Waals surface area contributed by atoms with Crippen LogP contribution in [0, 0.1) is 0 Å². The number of hydrogen-bond donors (Lipinski definition) is 0. The molecule has 0 fully saturated rings. The second-order valence-corrected chi connectivity index (χ2v) is 19.0. The third-order valence-electron chi connectivity index (χ3n) is 10.4. The van der Waals surface area contributed by atoms with E-state index in [4.69, 9.17) is 15.0 Å². The van der Waals surface area contributed by atoms with Gasteiger partial charge in [0.2, 0.25) is 0 Å². The first-order chi connectivity index (χ1) is 24.5. The highest BCUT2D eigenvalue weighted by atomic mass is 32.1. The second kappa shape index (κ2) is 11.1. The van der Waals surface area contributed by atoms with Gasteiger partial charge >= 0.3 is 0 Å². The molecule has 2 aromatic heterocycles. The zero-order valence-electron chi connectivity index (χ0n) is 27.7. The highest BCUT2D eigenvalue weighted by Gasteiger charge is 2.38. The topological polar surface area (TPSA) is 38.7 Å². The van der Waals surface area contributed by atoms with E-state index in [9.17, 15) is 0 Å². The van der Waals surface area contributed by atoms with E-state index in [0.29, 0.717) is 17.5 Å². The molecule has 0 spiro atoms. The van der Waals surface area contributed by atoms with Crippen LogP contribution in [0.5, 0.6) is 0 Å². The smallest absolute Gasteiger partial charge is 0.165 e. The zero-order chi connectivity index (χ0) is 33.4. The van der Waals surface area contributed by atoms with Crippen LogP contribution in [-0.2, 0) is 0 Å². The number of nitrogens with zero attached hydrogens (tertiary/aromatic N) is 3. The number of aromatic nitrogens is 3. The molecule has 1 aliphatic heterocycles. The largest absolute Gasteiger partial charge is 0.208 e. The van der Waals surface area contributed by atoms with Gasteiger partial charge in [0, 0.05) is 36.9 Å². The van der Waals surface area contributed by atoms with Gasteiger partial charge in [-0.2, -0.15) is 0 Å². The van der Waals surface area contributed by atoms with E-state index >= 15 is 0 Å². The van der Waals surface area contributed by atoms with Crippen LogP contribution >= 0.6 is 11.3 Å². The predicted octanol–water partition coefficient (Wildman–Crippen LogP) is 10.9. The van der Waals surface area contributed by atoms with Crippen LogP contribution in [0.15, 0.2) is 152 Å². The fourth-order valence-electron chi connectivity index (χ4n) is 7.79. The summed E-state index contributed by atoms with van der Waals surface area (Å²) in [5, 5.41) is 7.88. The Morgan fingerprint density at radius 1 is 0.440 bits per heavy atom. The molecule has 0 saturated carbocycles. The zero-order valence-corrected chi connectivity index (χ0v) is 29.5. The van der Waals surface area contributed by atoms with Crippen LogP contribution in [0.2, 0.25) is 13.1 Å². The van der Waals surface area contributed by atoms with Gasteiger partial charge in [-0.15, -0.1) is 11.3 Å². The van der Waals surface area contributed by atoms with Gasteiger partial charge in [0.1, 0.15) is 8.07 Å². The Labute approximate surface area is 295 Å². The van der Waals surface area contributed by atoms with Gasteiger partial charge in [-0.1, -0.05) is 147 Å². The van der Waals surface area contributed by atoms with Crippen molar-refractivity contribution in [2.75, 3.05) is 0 Å². The van der Waals surface area contributed by atoms with E-state index in [1.54, 1.807) is 11.3 Å². The van der Waals surface area contributed by atoms with Crippen molar-refractivity contribution in [2.24, 2.45) is 0 Å². The van der Waals surface area contributed by atoms with E-state index in [1.807, 2.05) is 0 Å². The Hall–Kier alpha value is -5.75. The van der Waals surface area contributed by atoms with Crippen molar-refractivity contribution in [3.63, 3.8) is 0 Å². The maximum absolute atomic E-state index is 5.31. The highest BCUT2D eigenvalue weighted by molar-refractivity contribution is 7.26. The van der Waals surface area contributed by atoms with Crippen LogP contribution in [0.4, 0.5) is 0 Å². The van der Waals surface area contributed by atoms with E-state index in [-0.39, 0.29) is 0 Å². The molecular weight excluding hydrogens is 643 g/mol. The molecule has 10 rings (SSSR count). The summed E-state index contributed by atoms with van der Waals surface area (Å²) in [6.07, 6.45) is 0. The molecule has 236 valence electrons. The molecule has 3 nitrogen and oxygen atoms in total. The molecule has 0 amide bonds. The third-order valence-corrected chi connectivity index (χ3v) is 15.1. The summed E-state index contributed by atoms with van der Waals surface area (Å²) >= 11 is 1.80. The van der Waals surface area contributed by atoms with Gasteiger partial charge in [-0.05, 0) is 61.6 Å². The summed E-state index contributed by atoms with van der Waals surface area (Å²) in [7, 11) is -1.88. The summed E-state index contributed by atoms with van der Waals surface area (Å²) < 4.78 is 2.46. The maximum Gasteiger partial charge on any atom is 0.165 e. The molecule has 1 aliphatic rings. The predicted molar refractivity (Wildman–Crippen MR) is 214 cm³/mol. The molecule has 7 aromatic carbocycles. The van der Waals surface area contributed by atoms with Crippen LogP contribution in [0.1, 0.15) is 0 Å². The molecule has 9 aromatic rings. The maximum atomic E-state index is 5.31. The van der Waals surface area contributed by atoms with Gasteiger partial charge in [0.25, 0.3) is 0 Å². The van der Waals surface area contributed by atoms with Crippen LogP contribution in [0.25, 0.3) is 87.4 Å². The van der Waals surface area contributed by atoms with Crippen LogP contribution in [-0.4, -0.2) is 23.0 Å². The van der Waals surface area contributed by atoms with E-state index in [1.165, 1.54) is 58.0 Å². The highest BCUT2D eigenvalue weighted by Crippen LogP contribution is 2.41. The Kier molecular flexibility index (Phi) is 6.50. The average molecular weight is 674 g/mol. The monoisotopic (exact) mass is 673 g/mol. The fourth-order valence-corrected chi connectivity index (χ4v) is 12.1. The standard InChI is InChI=1S/C45H31N3SSi/c1-50(2)39-19-8-6-14-35(39)41-36(16-10-20-40(41)50)44-46-43(30-24-21-29(22-25-30)32-26-23-28-11-3-4-12-31(28)27-32)47-45(48-44)37-17-9-15-34-33-13-5-7-18-38(33)49-42(34)37/h3-27H,1-2H3. The summed E-state index contributed by atoms with van der Waals surface area (Å²) in [4.78, 5) is 15.8. The van der Waals surface area contributed by atoms with Crippen molar-refractivity contribution < 1.29 is 0 Å². The lowest BCUT2D eigenvalue weighted by molar-refractivity contribution is 1.08. The molecule has 0 saturated heterocycles. The lowest BCUT2D eigenvalue weighted by Gasteiger charge is -2.18. The van der Waals surface area contributed by atoms with Crippen molar-refractivity contribution in [3.8, 4) is 56.4 Å². The quantitative estimate of drug-likeness (QED) is 0.175. The molecule has 0 bridgehead atoms. The SMILES string of the molecule is C[Si]1(C)c2ccccc2-c2c(-c3nc(-c4ccc(-c5ccc6ccccc6c5)cc4)nc(-c4cccc5c4sc4ccccc45)n3)cccc21. The van der Waals surface area contributed by atoms with E-state index < -0.39 is 8.07 Å². The molecule has 0 atom stereocenters. The first kappa shape index (κ1) is 29.2. The molecule has 5 heteroatoms. The summed E-state index contributed by atoms with van der Waals surface area (Å²) in [5.74, 6) is 2.08. The first-order valence-electron chi connectivity index (χ1n) is 17.0. The lowest BCUT2D eigenvalue weighted by atomic mass is 9.99. The fraction of sp³-hybridized carbons (Fsp3) is 0.0444. The summed E-state index contributed by atoms with van der Waals surface area (Å²) in [6, 6.07) is 54.5.